The Balaban J connectivity index is 3.11. The van der Waals surface area contributed by atoms with Gasteiger partial charge in [-0.1, -0.05) is 20.3 Å². The van der Waals surface area contributed by atoms with E-state index in [1.807, 2.05) is 0 Å². The van der Waals surface area contributed by atoms with Gasteiger partial charge in [0.1, 0.15) is 48.3 Å². The number of aliphatic carboxylic acids is 2. The van der Waals surface area contributed by atoms with Gasteiger partial charge in [0.2, 0.25) is 47.3 Å². The molecule has 26 nitrogen and oxygen atoms in total. The molecule has 1 aliphatic rings. The van der Waals surface area contributed by atoms with E-state index in [0.29, 0.717) is 31.6 Å². The number of nitrogens with two attached hydrogens (primary N) is 2. The lowest BCUT2D eigenvalue weighted by Gasteiger charge is -2.31. The lowest BCUT2D eigenvalue weighted by atomic mass is 10.0. The van der Waals surface area contributed by atoms with Crippen molar-refractivity contribution < 1.29 is 78.6 Å². The number of hydrogen-bond acceptors (Lipinski definition) is 17. The molecule has 0 radical (unpaired) electrons. The Morgan fingerprint density at radius 2 is 1.15 bits per heavy atom. The molecule has 1 rings (SSSR count). The highest BCUT2D eigenvalue weighted by atomic mass is 32.2. The largest absolute Gasteiger partial charge is 0.481 e. The third kappa shape index (κ3) is 19.7. The maximum absolute atomic E-state index is 13.8. The lowest BCUT2D eigenvalue weighted by Crippen LogP contribution is -2.62. The van der Waals surface area contributed by atoms with Crippen molar-refractivity contribution in [3.05, 3.63) is 0 Å². The minimum Gasteiger partial charge on any atom is -0.481 e. The number of rotatable bonds is 31. The molecule has 1 heterocycles. The number of aliphatic hydroxyl groups is 4. The van der Waals surface area contributed by atoms with Crippen LogP contribution in [-0.2, 0) is 47.9 Å². The molecule has 8 amide bonds. The monoisotopic (exact) mass is 964 g/mol. The molecule has 17 N–H and O–H groups in total. The van der Waals surface area contributed by atoms with Gasteiger partial charge in [-0.2, -0.15) is 11.8 Å². The van der Waals surface area contributed by atoms with Crippen molar-refractivity contribution in [3.63, 3.8) is 0 Å². The van der Waals surface area contributed by atoms with Gasteiger partial charge in [-0.05, 0) is 69.9 Å². The SMILES string of the molecule is CSCC[C@H](NC(=O)[C@@H](N)CCCCN)C(=O)N[C@@H](CO)C(=O)N[C@@H](CO)C(=O)N[C@@H](CO)C(=O)N[C@@H](CC(=O)O)C(=O)N1CCC[C@H]1C(=O)N[C@H](C(=O)N[C@@H](CC(C)C)C(=O)O)[C@@H](C)O. The fourth-order valence-corrected chi connectivity index (χ4v) is 7.05. The van der Waals surface area contributed by atoms with Gasteiger partial charge in [0, 0.05) is 6.54 Å². The van der Waals surface area contributed by atoms with Crippen molar-refractivity contribution in [3.8, 4) is 0 Å². The summed E-state index contributed by atoms with van der Waals surface area (Å²) in [6.07, 6.45) is 0.971. The molecule has 1 fully saturated rings. The van der Waals surface area contributed by atoms with Crippen molar-refractivity contribution in [1.82, 2.24) is 42.1 Å². The second kappa shape index (κ2) is 30.2. The molecule has 0 saturated carbocycles. The number of carboxylic acid groups (broad SMARTS) is 2. The number of carbonyl (C=O) groups is 10. The van der Waals surface area contributed by atoms with Crippen molar-refractivity contribution in [1.29, 1.82) is 0 Å². The summed E-state index contributed by atoms with van der Waals surface area (Å²) in [5.74, 6) is -11.1. The summed E-state index contributed by atoms with van der Waals surface area (Å²) in [5.41, 5.74) is 11.4. The zero-order valence-corrected chi connectivity index (χ0v) is 38.3. The van der Waals surface area contributed by atoms with E-state index in [4.69, 9.17) is 11.5 Å². The molecular weight excluding hydrogens is 897 g/mol. The maximum Gasteiger partial charge on any atom is 0.326 e. The highest BCUT2D eigenvalue weighted by Gasteiger charge is 2.41. The summed E-state index contributed by atoms with van der Waals surface area (Å²) in [6, 6.07) is -14.0. The Bertz CT molecular complexity index is 1680. The van der Waals surface area contributed by atoms with Gasteiger partial charge in [-0.25, -0.2) is 4.79 Å². The molecule has 0 aromatic rings. The molecule has 10 atom stereocenters. The molecule has 0 aromatic heterocycles. The number of nitrogens with one attached hydrogen (secondary N) is 7. The number of aliphatic hydroxyl groups excluding tert-OH is 4. The predicted octanol–water partition coefficient (Wildman–Crippen LogP) is -6.46. The molecule has 0 aromatic carbocycles. The summed E-state index contributed by atoms with van der Waals surface area (Å²) < 4.78 is 0. The molecule has 0 aliphatic carbocycles. The smallest absolute Gasteiger partial charge is 0.326 e. The van der Waals surface area contributed by atoms with Crippen LogP contribution in [0.2, 0.25) is 0 Å². The number of nitrogens with zero attached hydrogens (tertiary/aromatic N) is 1. The molecule has 0 spiro atoms. The van der Waals surface area contributed by atoms with Gasteiger partial charge < -0.3 is 84.2 Å². The molecule has 0 unspecified atom stereocenters. The van der Waals surface area contributed by atoms with Gasteiger partial charge in [-0.3, -0.25) is 43.2 Å². The highest BCUT2D eigenvalue weighted by molar-refractivity contribution is 7.98. The van der Waals surface area contributed by atoms with Crippen molar-refractivity contribution in [2.75, 3.05) is 44.9 Å². The number of carbonyl (C=O) groups excluding carboxylic acids is 8. The number of unbranched alkanes of at least 4 members (excludes halogenated alkanes) is 1. The van der Waals surface area contributed by atoms with E-state index in [1.54, 1.807) is 20.1 Å². The zero-order chi connectivity index (χ0) is 50.3. The molecule has 376 valence electrons. The second-order valence-corrected chi connectivity index (χ2v) is 17.1. The Kier molecular flexibility index (Phi) is 26.9. The minimum atomic E-state index is -1.93. The third-order valence-corrected chi connectivity index (χ3v) is 10.9. The van der Waals surface area contributed by atoms with Crippen LogP contribution in [-0.4, -0.2) is 200 Å². The first-order chi connectivity index (χ1) is 31.1. The van der Waals surface area contributed by atoms with Crippen molar-refractivity contribution >= 4 is 71.0 Å². The summed E-state index contributed by atoms with van der Waals surface area (Å²) in [5, 5.41) is 75.1. The quantitative estimate of drug-likeness (QED) is 0.0287. The summed E-state index contributed by atoms with van der Waals surface area (Å²) in [4.78, 5) is 130. The van der Waals surface area contributed by atoms with Crippen LogP contribution < -0.4 is 48.7 Å². The van der Waals surface area contributed by atoms with Crippen LogP contribution >= 0.6 is 11.8 Å². The Morgan fingerprint density at radius 1 is 0.667 bits per heavy atom. The van der Waals surface area contributed by atoms with E-state index < -0.39 is 146 Å². The first-order valence-electron chi connectivity index (χ1n) is 21.4. The Hall–Kier alpha value is -5.19. The summed E-state index contributed by atoms with van der Waals surface area (Å²) in [7, 11) is 0. The van der Waals surface area contributed by atoms with E-state index in [-0.39, 0.29) is 38.1 Å². The standard InChI is InChI=1S/C39H68N10O16S/c1-19(2)14-24(39(64)65)44-37(62)30(20(3)53)48-36(61)28-9-7-12-49(28)38(63)23(15-29(54)55)43-33(58)25(16-50)46-35(60)27(18-52)47-34(59)26(17-51)45-32(57)22(10-13-66-4)42-31(56)21(41)8-5-6-11-40/h19-28,30,50-53H,5-18,40-41H2,1-4H3,(H,42,56)(H,43,58)(H,44,62)(H,45,57)(H,46,60)(H,47,59)(H,48,61)(H,54,55)(H,64,65)/t20-,21+,22+,23+,24+,25+,26+,27+,28+,30+/m1/s1. The van der Waals surface area contributed by atoms with Crippen LogP contribution in [0, 0.1) is 5.92 Å². The van der Waals surface area contributed by atoms with Crippen LogP contribution in [0.25, 0.3) is 0 Å². The average Bonchev–Trinajstić information content (AvgIpc) is 3.75. The normalized spacial score (nSPS) is 17.6. The van der Waals surface area contributed by atoms with E-state index in [1.165, 1.54) is 11.8 Å². The number of amides is 8. The average molecular weight is 965 g/mol. The van der Waals surface area contributed by atoms with Gasteiger partial charge >= 0.3 is 11.9 Å². The molecule has 0 bridgehead atoms. The molecule has 66 heavy (non-hydrogen) atoms. The van der Waals surface area contributed by atoms with Crippen LogP contribution in [0.4, 0.5) is 0 Å². The number of thioether (sulfide) groups is 1. The Labute approximate surface area is 385 Å². The fraction of sp³-hybridized carbons (Fsp3) is 0.744. The van der Waals surface area contributed by atoms with E-state index >= 15 is 0 Å². The van der Waals surface area contributed by atoms with Crippen LogP contribution in [0.1, 0.15) is 72.1 Å². The predicted molar refractivity (Wildman–Crippen MR) is 234 cm³/mol. The van der Waals surface area contributed by atoms with Crippen molar-refractivity contribution in [2.24, 2.45) is 17.4 Å². The topological polar surface area (TPSA) is 432 Å². The van der Waals surface area contributed by atoms with E-state index in [0.717, 1.165) is 11.8 Å². The van der Waals surface area contributed by atoms with Gasteiger partial charge in [-0.15, -0.1) is 0 Å². The first kappa shape index (κ1) is 58.8. The van der Waals surface area contributed by atoms with E-state index in [2.05, 4.69) is 37.2 Å². The summed E-state index contributed by atoms with van der Waals surface area (Å²) >= 11 is 1.36. The first-order valence-corrected chi connectivity index (χ1v) is 22.8. The second-order valence-electron chi connectivity index (χ2n) is 16.1. The van der Waals surface area contributed by atoms with Crippen LogP contribution in [0.3, 0.4) is 0 Å². The van der Waals surface area contributed by atoms with Gasteiger partial charge in [0.25, 0.3) is 0 Å². The van der Waals surface area contributed by atoms with E-state index in [9.17, 15) is 78.6 Å². The Morgan fingerprint density at radius 3 is 1.59 bits per heavy atom. The highest BCUT2D eigenvalue weighted by Crippen LogP contribution is 2.20. The van der Waals surface area contributed by atoms with Crippen LogP contribution in [0.5, 0.6) is 0 Å². The molecular formula is C39H68N10O16S. The number of hydrogen-bond donors (Lipinski definition) is 15. The minimum absolute atomic E-state index is 0.00515. The lowest BCUT2D eigenvalue weighted by molar-refractivity contribution is -0.147. The zero-order valence-electron chi connectivity index (χ0n) is 37.5. The van der Waals surface area contributed by atoms with Gasteiger partial charge in [0.05, 0.1) is 38.4 Å². The van der Waals surface area contributed by atoms with Crippen LogP contribution in [0.15, 0.2) is 0 Å². The van der Waals surface area contributed by atoms with Gasteiger partial charge in [0.15, 0.2) is 0 Å². The maximum atomic E-state index is 13.8. The van der Waals surface area contributed by atoms with Crippen molar-refractivity contribution in [2.45, 2.75) is 133 Å². The molecule has 1 aliphatic heterocycles. The molecule has 27 heteroatoms. The fourth-order valence-electron chi connectivity index (χ4n) is 6.58. The number of carboxylic acids is 2. The number of likely N-dealkylation sites (tertiary alicyclic amines) is 1. The molecule has 1 saturated heterocycles. The summed E-state index contributed by atoms with van der Waals surface area (Å²) in [6.45, 7) is 1.58. The third-order valence-electron chi connectivity index (χ3n) is 10.2.